The van der Waals surface area contributed by atoms with Crippen LogP contribution in [0.15, 0.2) is 40.2 Å². The molecule has 0 radical (unpaired) electrons. The Hall–Kier alpha value is -3.20. The van der Waals surface area contributed by atoms with E-state index in [1.807, 2.05) is 42.6 Å². The Morgan fingerprint density at radius 3 is 2.92 bits per heavy atom. The molecule has 4 aromatic rings. The quantitative estimate of drug-likeness (QED) is 0.600. The summed E-state index contributed by atoms with van der Waals surface area (Å²) < 4.78 is 12.2. The highest BCUT2D eigenvalue weighted by molar-refractivity contribution is 7.13. The molecule has 0 saturated heterocycles. The van der Waals surface area contributed by atoms with Gasteiger partial charge in [-0.05, 0) is 36.1 Å². The minimum Gasteiger partial charge on any atom is -0.494 e. The molecular weight excluding hydrogens is 340 g/mol. The molecule has 3 heterocycles. The fourth-order valence-corrected chi connectivity index (χ4v) is 3.06. The van der Waals surface area contributed by atoms with Crippen molar-refractivity contribution in [1.82, 2.24) is 25.1 Å². The number of aromatic nitrogens is 5. The first kappa shape index (κ1) is 15.3. The summed E-state index contributed by atoms with van der Waals surface area (Å²) in [6.07, 6.45) is 0. The summed E-state index contributed by atoms with van der Waals surface area (Å²) in [5, 5.41) is 14.1. The summed E-state index contributed by atoms with van der Waals surface area (Å²) in [4.78, 5) is 5.26. The van der Waals surface area contributed by atoms with Crippen molar-refractivity contribution in [2.45, 2.75) is 6.92 Å². The van der Waals surface area contributed by atoms with Crippen LogP contribution in [0.1, 0.15) is 5.56 Å². The Morgan fingerprint density at radius 1 is 1.28 bits per heavy atom. The van der Waals surface area contributed by atoms with E-state index in [2.05, 4.69) is 20.5 Å². The Bertz CT molecular complexity index is 1020. The van der Waals surface area contributed by atoms with Crippen LogP contribution in [-0.4, -0.2) is 32.2 Å². The molecule has 0 unspecified atom stereocenters. The molecule has 2 N–H and O–H groups in total. The lowest BCUT2D eigenvalue weighted by atomic mass is 10.2. The lowest BCUT2D eigenvalue weighted by Gasteiger charge is -2.09. The maximum Gasteiger partial charge on any atom is 0.282 e. The van der Waals surface area contributed by atoms with Crippen LogP contribution in [0.3, 0.4) is 0 Å². The zero-order valence-corrected chi connectivity index (χ0v) is 14.3. The number of rotatable bonds is 4. The number of nitrogens with zero attached hydrogens (tertiary/aromatic N) is 5. The molecule has 0 bridgehead atoms. The predicted octanol–water partition coefficient (Wildman–Crippen LogP) is 2.95. The lowest BCUT2D eigenvalue weighted by Crippen LogP contribution is -2.04. The number of thiophene rings is 1. The Labute approximate surface area is 146 Å². The van der Waals surface area contributed by atoms with Crippen LogP contribution in [0.5, 0.6) is 5.75 Å². The second-order valence-electron chi connectivity index (χ2n) is 5.31. The number of hydrogen-bond acceptors (Lipinski definition) is 8. The average Bonchev–Trinajstić information content (AvgIpc) is 3.35. The Kier molecular flexibility index (Phi) is 3.69. The van der Waals surface area contributed by atoms with Crippen molar-refractivity contribution in [2.24, 2.45) is 0 Å². The molecule has 1 aromatic carbocycles. The number of ether oxygens (including phenoxy) is 1. The number of methoxy groups -OCH3 is 1. The van der Waals surface area contributed by atoms with Crippen molar-refractivity contribution in [3.63, 3.8) is 0 Å². The van der Waals surface area contributed by atoms with Crippen molar-refractivity contribution in [3.05, 3.63) is 41.3 Å². The fraction of sp³-hybridized carbons (Fsp3) is 0.125. The van der Waals surface area contributed by atoms with Crippen molar-refractivity contribution < 1.29 is 9.26 Å². The van der Waals surface area contributed by atoms with Gasteiger partial charge in [-0.25, -0.2) is 0 Å². The molecule has 3 aromatic heterocycles. The third-order valence-corrected chi connectivity index (χ3v) is 4.50. The molecule has 25 heavy (non-hydrogen) atoms. The zero-order chi connectivity index (χ0) is 17.4. The van der Waals surface area contributed by atoms with Gasteiger partial charge in [-0.2, -0.15) is 9.67 Å². The summed E-state index contributed by atoms with van der Waals surface area (Å²) in [7, 11) is 1.59. The van der Waals surface area contributed by atoms with Gasteiger partial charge in [0.05, 0.1) is 12.0 Å². The van der Waals surface area contributed by atoms with Gasteiger partial charge in [0.1, 0.15) is 11.4 Å². The molecule has 0 aliphatic rings. The van der Waals surface area contributed by atoms with E-state index < -0.39 is 0 Å². The maximum absolute atomic E-state index is 6.23. The summed E-state index contributed by atoms with van der Waals surface area (Å²) in [5.41, 5.74) is 8.30. The van der Waals surface area contributed by atoms with E-state index in [4.69, 9.17) is 15.0 Å². The summed E-state index contributed by atoms with van der Waals surface area (Å²) in [5.74, 6) is 1.65. The molecule has 0 amide bonds. The minimum absolute atomic E-state index is 0.221. The van der Waals surface area contributed by atoms with Crippen LogP contribution >= 0.6 is 11.3 Å². The van der Waals surface area contributed by atoms with Crippen molar-refractivity contribution in [1.29, 1.82) is 0 Å². The molecule has 126 valence electrons. The van der Waals surface area contributed by atoms with Gasteiger partial charge in [0, 0.05) is 0 Å². The number of benzene rings is 1. The first-order valence-electron chi connectivity index (χ1n) is 7.41. The third kappa shape index (κ3) is 2.64. The molecular formula is C16H14N6O2S. The number of anilines is 1. The Morgan fingerprint density at radius 2 is 2.16 bits per heavy atom. The van der Waals surface area contributed by atoms with E-state index in [1.165, 1.54) is 16.0 Å². The van der Waals surface area contributed by atoms with Gasteiger partial charge < -0.3 is 15.0 Å². The first-order chi connectivity index (χ1) is 12.2. The van der Waals surface area contributed by atoms with Gasteiger partial charge in [0.25, 0.3) is 5.89 Å². The SMILES string of the molecule is COc1ccc(C)cc1-n1nnc(-c2nc(-c3cccs3)no2)c1N. The monoisotopic (exact) mass is 354 g/mol. The number of nitrogen functional groups attached to an aromatic ring is 1. The molecule has 8 nitrogen and oxygen atoms in total. The third-order valence-electron chi connectivity index (χ3n) is 3.64. The van der Waals surface area contributed by atoms with Gasteiger partial charge >= 0.3 is 0 Å². The van der Waals surface area contributed by atoms with E-state index >= 15 is 0 Å². The van der Waals surface area contributed by atoms with E-state index in [0.717, 1.165) is 10.4 Å². The van der Waals surface area contributed by atoms with Crippen molar-refractivity contribution in [3.8, 4) is 33.7 Å². The van der Waals surface area contributed by atoms with Gasteiger partial charge in [0.15, 0.2) is 11.5 Å². The van der Waals surface area contributed by atoms with Crippen LogP contribution < -0.4 is 10.5 Å². The molecule has 9 heteroatoms. The molecule has 0 atom stereocenters. The largest absolute Gasteiger partial charge is 0.494 e. The predicted molar refractivity (Wildman–Crippen MR) is 93.7 cm³/mol. The van der Waals surface area contributed by atoms with E-state index in [0.29, 0.717) is 28.8 Å². The topological polar surface area (TPSA) is 105 Å². The highest BCUT2D eigenvalue weighted by Crippen LogP contribution is 2.31. The number of nitrogens with two attached hydrogens (primary N) is 1. The van der Waals surface area contributed by atoms with Crippen molar-refractivity contribution in [2.75, 3.05) is 12.8 Å². The van der Waals surface area contributed by atoms with E-state index in [9.17, 15) is 0 Å². The van der Waals surface area contributed by atoms with Gasteiger partial charge in [-0.15, -0.1) is 16.4 Å². The van der Waals surface area contributed by atoms with E-state index in [-0.39, 0.29) is 5.89 Å². The second kappa shape index (κ2) is 6.02. The standard InChI is InChI=1S/C16H14N6O2S/c1-9-5-6-11(23-2)10(8-9)22-14(17)13(19-21-22)16-18-15(20-24-16)12-4-3-7-25-12/h3-8H,17H2,1-2H3. The van der Waals surface area contributed by atoms with Crippen LogP contribution in [0.4, 0.5) is 5.82 Å². The van der Waals surface area contributed by atoms with Crippen LogP contribution in [0, 0.1) is 6.92 Å². The zero-order valence-electron chi connectivity index (χ0n) is 13.5. The number of hydrogen-bond donors (Lipinski definition) is 1. The summed E-state index contributed by atoms with van der Waals surface area (Å²) in [6, 6.07) is 9.55. The molecule has 0 aliphatic heterocycles. The van der Waals surface area contributed by atoms with Gasteiger partial charge in [-0.3, -0.25) is 0 Å². The second-order valence-corrected chi connectivity index (χ2v) is 6.26. The highest BCUT2D eigenvalue weighted by atomic mass is 32.1. The molecule has 0 spiro atoms. The number of aryl methyl sites for hydroxylation is 1. The smallest absolute Gasteiger partial charge is 0.282 e. The molecule has 0 aliphatic carbocycles. The molecule has 4 rings (SSSR count). The van der Waals surface area contributed by atoms with Crippen LogP contribution in [0.25, 0.3) is 28.0 Å². The van der Waals surface area contributed by atoms with Crippen molar-refractivity contribution >= 4 is 17.2 Å². The fourth-order valence-electron chi connectivity index (χ4n) is 2.41. The maximum atomic E-state index is 6.23. The van der Waals surface area contributed by atoms with Crippen LogP contribution in [0.2, 0.25) is 0 Å². The van der Waals surface area contributed by atoms with E-state index in [1.54, 1.807) is 7.11 Å². The normalized spacial score (nSPS) is 11.0. The Balaban J connectivity index is 1.76. The highest BCUT2D eigenvalue weighted by Gasteiger charge is 2.21. The molecule has 0 saturated carbocycles. The first-order valence-corrected chi connectivity index (χ1v) is 8.29. The lowest BCUT2D eigenvalue weighted by molar-refractivity contribution is 0.411. The van der Waals surface area contributed by atoms with Crippen LogP contribution in [-0.2, 0) is 0 Å². The minimum atomic E-state index is 0.221. The average molecular weight is 354 g/mol. The summed E-state index contributed by atoms with van der Waals surface area (Å²) >= 11 is 1.52. The summed E-state index contributed by atoms with van der Waals surface area (Å²) in [6.45, 7) is 1.97. The van der Waals surface area contributed by atoms with Gasteiger partial charge in [-0.1, -0.05) is 22.5 Å². The van der Waals surface area contributed by atoms with Gasteiger partial charge in [0.2, 0.25) is 5.82 Å². The molecule has 0 fully saturated rings.